The molecule has 3 aromatic rings. The van der Waals surface area contributed by atoms with E-state index in [0.717, 1.165) is 6.07 Å². The van der Waals surface area contributed by atoms with Crippen molar-refractivity contribution < 1.29 is 27.1 Å². The van der Waals surface area contributed by atoms with Crippen molar-refractivity contribution in [3.05, 3.63) is 89.7 Å². The standard InChI is InChI=1S/C20H13F4NO2/c21-17-7-3-1-5-15(17)19(26)25-13-9-11-14(12-10-13)27-18-8-4-2-6-16(18)20(22,23)24/h1-12H,(H,25,26). The number of rotatable bonds is 4. The highest BCUT2D eigenvalue weighted by atomic mass is 19.4. The van der Waals surface area contributed by atoms with Crippen LogP contribution < -0.4 is 10.1 Å². The van der Waals surface area contributed by atoms with E-state index in [-0.39, 0.29) is 17.1 Å². The van der Waals surface area contributed by atoms with Crippen molar-refractivity contribution in [1.82, 2.24) is 0 Å². The molecule has 0 aromatic heterocycles. The summed E-state index contributed by atoms with van der Waals surface area (Å²) in [4.78, 5) is 12.1. The first-order valence-electron chi connectivity index (χ1n) is 7.84. The van der Waals surface area contributed by atoms with Crippen molar-refractivity contribution >= 4 is 11.6 Å². The molecule has 0 heterocycles. The summed E-state index contributed by atoms with van der Waals surface area (Å²) < 4.78 is 57.9. The van der Waals surface area contributed by atoms with Crippen LogP contribution in [0.25, 0.3) is 0 Å². The molecule has 0 radical (unpaired) electrons. The van der Waals surface area contributed by atoms with Gasteiger partial charge < -0.3 is 10.1 Å². The minimum atomic E-state index is -4.54. The lowest BCUT2D eigenvalue weighted by molar-refractivity contribution is -0.138. The maximum atomic E-state index is 13.6. The number of nitrogens with one attached hydrogen (secondary N) is 1. The fourth-order valence-corrected chi connectivity index (χ4v) is 2.37. The molecule has 0 aliphatic carbocycles. The van der Waals surface area contributed by atoms with Gasteiger partial charge in [0, 0.05) is 5.69 Å². The number of benzene rings is 3. The normalized spacial score (nSPS) is 11.1. The highest BCUT2D eigenvalue weighted by Gasteiger charge is 2.34. The Balaban J connectivity index is 1.73. The van der Waals surface area contributed by atoms with E-state index in [2.05, 4.69) is 5.32 Å². The second-order valence-electron chi connectivity index (χ2n) is 5.55. The van der Waals surface area contributed by atoms with Gasteiger partial charge in [0.05, 0.1) is 11.1 Å². The summed E-state index contributed by atoms with van der Waals surface area (Å²) in [7, 11) is 0. The number of alkyl halides is 3. The zero-order valence-corrected chi connectivity index (χ0v) is 13.8. The number of anilines is 1. The van der Waals surface area contributed by atoms with Gasteiger partial charge >= 0.3 is 6.18 Å². The van der Waals surface area contributed by atoms with Crippen LogP contribution in [0.5, 0.6) is 11.5 Å². The number of hydrogen-bond acceptors (Lipinski definition) is 2. The van der Waals surface area contributed by atoms with Crippen LogP contribution in [0.1, 0.15) is 15.9 Å². The molecular formula is C20H13F4NO2. The van der Waals surface area contributed by atoms with Crippen LogP contribution in [-0.2, 0) is 6.18 Å². The van der Waals surface area contributed by atoms with Crippen LogP contribution in [0, 0.1) is 5.82 Å². The highest BCUT2D eigenvalue weighted by Crippen LogP contribution is 2.38. The molecule has 0 saturated heterocycles. The van der Waals surface area contributed by atoms with Gasteiger partial charge in [0.15, 0.2) is 0 Å². The highest BCUT2D eigenvalue weighted by molar-refractivity contribution is 6.04. The molecule has 0 spiro atoms. The predicted octanol–water partition coefficient (Wildman–Crippen LogP) is 5.89. The monoisotopic (exact) mass is 375 g/mol. The molecule has 0 atom stereocenters. The molecule has 3 aromatic carbocycles. The van der Waals surface area contributed by atoms with Gasteiger partial charge in [-0.25, -0.2) is 4.39 Å². The summed E-state index contributed by atoms with van der Waals surface area (Å²) in [6.07, 6.45) is -4.54. The third-order valence-electron chi connectivity index (χ3n) is 3.65. The summed E-state index contributed by atoms with van der Waals surface area (Å²) in [5.74, 6) is -1.45. The molecule has 0 unspecified atom stereocenters. The Kier molecular flexibility index (Phi) is 5.12. The van der Waals surface area contributed by atoms with Gasteiger partial charge in [-0.1, -0.05) is 24.3 Å². The van der Waals surface area contributed by atoms with E-state index in [1.807, 2.05) is 0 Å². The molecule has 3 rings (SSSR count). The summed E-state index contributed by atoms with van der Waals surface area (Å²) in [6, 6.07) is 16.1. The topological polar surface area (TPSA) is 38.3 Å². The van der Waals surface area contributed by atoms with Gasteiger partial charge in [-0.15, -0.1) is 0 Å². The number of ether oxygens (including phenoxy) is 1. The van der Waals surface area contributed by atoms with Crippen LogP contribution in [0.2, 0.25) is 0 Å². The van der Waals surface area contributed by atoms with E-state index in [0.29, 0.717) is 5.69 Å². The molecule has 0 aliphatic rings. The average Bonchev–Trinajstić information content (AvgIpc) is 2.63. The van der Waals surface area contributed by atoms with Gasteiger partial charge in [-0.3, -0.25) is 4.79 Å². The van der Waals surface area contributed by atoms with Gasteiger partial charge in [0.2, 0.25) is 0 Å². The van der Waals surface area contributed by atoms with Crippen LogP contribution in [0.3, 0.4) is 0 Å². The van der Waals surface area contributed by atoms with Crippen LogP contribution in [0.4, 0.5) is 23.2 Å². The number of halogens is 4. The fourth-order valence-electron chi connectivity index (χ4n) is 2.37. The summed E-state index contributed by atoms with van der Waals surface area (Å²) in [5.41, 5.74) is -0.654. The molecule has 138 valence electrons. The van der Waals surface area contributed by atoms with E-state index >= 15 is 0 Å². The molecule has 1 amide bonds. The molecule has 0 saturated carbocycles. The Morgan fingerprint density at radius 2 is 1.48 bits per heavy atom. The molecule has 0 fully saturated rings. The van der Waals surface area contributed by atoms with Crippen molar-refractivity contribution in [2.75, 3.05) is 5.32 Å². The molecule has 0 aliphatic heterocycles. The van der Waals surface area contributed by atoms with Gasteiger partial charge in [-0.05, 0) is 48.5 Å². The van der Waals surface area contributed by atoms with Gasteiger partial charge in [0.25, 0.3) is 5.91 Å². The number of carbonyl (C=O) groups is 1. The largest absolute Gasteiger partial charge is 0.457 e. The Morgan fingerprint density at radius 3 is 2.15 bits per heavy atom. The maximum absolute atomic E-state index is 13.6. The average molecular weight is 375 g/mol. The van der Waals surface area contributed by atoms with Crippen molar-refractivity contribution in [1.29, 1.82) is 0 Å². The number of hydrogen-bond donors (Lipinski definition) is 1. The first-order chi connectivity index (χ1) is 12.8. The quantitative estimate of drug-likeness (QED) is 0.578. The first-order valence-corrected chi connectivity index (χ1v) is 7.84. The van der Waals surface area contributed by atoms with Crippen LogP contribution in [-0.4, -0.2) is 5.91 Å². The minimum absolute atomic E-state index is 0.114. The first kappa shape index (κ1) is 18.4. The lowest BCUT2D eigenvalue weighted by Crippen LogP contribution is -2.13. The number of amides is 1. The second kappa shape index (κ2) is 7.49. The molecule has 3 nitrogen and oxygen atoms in total. The Bertz CT molecular complexity index is 953. The molecular weight excluding hydrogens is 362 g/mol. The van der Waals surface area contributed by atoms with E-state index < -0.39 is 23.5 Å². The predicted molar refractivity (Wildman–Crippen MR) is 92.3 cm³/mol. The lowest BCUT2D eigenvalue weighted by atomic mass is 10.2. The van der Waals surface area contributed by atoms with Crippen LogP contribution >= 0.6 is 0 Å². The molecule has 7 heteroatoms. The van der Waals surface area contributed by atoms with Crippen molar-refractivity contribution in [3.8, 4) is 11.5 Å². The zero-order chi connectivity index (χ0) is 19.4. The lowest BCUT2D eigenvalue weighted by Gasteiger charge is -2.13. The second-order valence-corrected chi connectivity index (χ2v) is 5.55. The summed E-state index contributed by atoms with van der Waals surface area (Å²) in [5, 5.41) is 2.51. The SMILES string of the molecule is O=C(Nc1ccc(Oc2ccccc2C(F)(F)F)cc1)c1ccccc1F. The Labute approximate surface area is 152 Å². The van der Waals surface area contributed by atoms with E-state index in [1.165, 1.54) is 66.7 Å². The van der Waals surface area contributed by atoms with Gasteiger partial charge in [-0.2, -0.15) is 13.2 Å². The fraction of sp³-hybridized carbons (Fsp3) is 0.0500. The van der Waals surface area contributed by atoms with Crippen LogP contribution in [0.15, 0.2) is 72.8 Å². The summed E-state index contributed by atoms with van der Waals surface area (Å²) in [6.45, 7) is 0. The van der Waals surface area contributed by atoms with Gasteiger partial charge in [0.1, 0.15) is 17.3 Å². The maximum Gasteiger partial charge on any atom is 0.419 e. The van der Waals surface area contributed by atoms with Crippen molar-refractivity contribution in [2.45, 2.75) is 6.18 Å². The zero-order valence-electron chi connectivity index (χ0n) is 13.8. The smallest absolute Gasteiger partial charge is 0.419 e. The molecule has 1 N–H and O–H groups in total. The minimum Gasteiger partial charge on any atom is -0.457 e. The van der Waals surface area contributed by atoms with E-state index in [4.69, 9.17) is 4.74 Å². The summed E-state index contributed by atoms with van der Waals surface area (Å²) >= 11 is 0. The third kappa shape index (κ3) is 4.44. The van der Waals surface area contributed by atoms with E-state index in [9.17, 15) is 22.4 Å². The third-order valence-corrected chi connectivity index (χ3v) is 3.65. The number of para-hydroxylation sites is 1. The van der Waals surface area contributed by atoms with Crippen molar-refractivity contribution in [3.63, 3.8) is 0 Å². The van der Waals surface area contributed by atoms with Crippen molar-refractivity contribution in [2.24, 2.45) is 0 Å². The molecule has 0 bridgehead atoms. The molecule has 27 heavy (non-hydrogen) atoms. The Morgan fingerprint density at radius 1 is 0.852 bits per heavy atom. The number of carbonyl (C=O) groups excluding carboxylic acids is 1. The Hall–Kier alpha value is -3.35. The van der Waals surface area contributed by atoms with E-state index in [1.54, 1.807) is 0 Å².